The summed E-state index contributed by atoms with van der Waals surface area (Å²) >= 11 is 0. The molecule has 234 valence electrons. The van der Waals surface area contributed by atoms with Crippen LogP contribution in [-0.2, 0) is 0 Å². The molecule has 5 heteroatoms. The van der Waals surface area contributed by atoms with Crippen molar-refractivity contribution in [3.8, 4) is 0 Å². The minimum Gasteiger partial charge on any atom is -0.478 e. The topological polar surface area (TPSA) is 94.8 Å². The molecule has 0 amide bonds. The molecule has 5 nitrogen and oxygen atoms in total. The third-order valence-corrected chi connectivity index (χ3v) is 14.9. The summed E-state index contributed by atoms with van der Waals surface area (Å²) in [5, 5.41) is 30.2. The third-order valence-electron chi connectivity index (χ3n) is 14.9. The maximum Gasteiger partial charge on any atom is 0.336 e. The Labute approximate surface area is 257 Å². The first-order valence-corrected chi connectivity index (χ1v) is 16.7. The van der Waals surface area contributed by atoms with Crippen LogP contribution < -0.4 is 0 Å². The average molecular weight is 589 g/mol. The van der Waals surface area contributed by atoms with E-state index in [4.69, 9.17) is 0 Å². The molecule has 1 aromatic carbocycles. The summed E-state index contributed by atoms with van der Waals surface area (Å²) in [6.45, 7) is 19.4. The summed E-state index contributed by atoms with van der Waals surface area (Å²) in [7, 11) is 0. The number of fused-ring (bicyclic) bond motifs is 7. The van der Waals surface area contributed by atoms with Gasteiger partial charge in [0.2, 0.25) is 0 Å². The summed E-state index contributed by atoms with van der Waals surface area (Å²) in [6.07, 6.45) is 12.7. The summed E-state index contributed by atoms with van der Waals surface area (Å²) in [5.74, 6) is 0.284. The van der Waals surface area contributed by atoms with Gasteiger partial charge in [0.05, 0.1) is 11.1 Å². The van der Waals surface area contributed by atoms with Crippen LogP contribution in [0.15, 0.2) is 36.4 Å². The maximum atomic E-state index is 12.0. The number of rotatable bonds is 5. The van der Waals surface area contributed by atoms with Gasteiger partial charge in [0.1, 0.15) is 0 Å². The van der Waals surface area contributed by atoms with E-state index in [9.17, 15) is 24.9 Å². The Hall–Kier alpha value is -2.40. The summed E-state index contributed by atoms with van der Waals surface area (Å²) in [6, 6.07) is 4.85. The first kappa shape index (κ1) is 30.6. The van der Waals surface area contributed by atoms with Crippen molar-refractivity contribution in [3.05, 3.63) is 53.1 Å². The average Bonchev–Trinajstić information content (AvgIpc) is 3.33. The smallest absolute Gasteiger partial charge is 0.336 e. The van der Waals surface area contributed by atoms with Gasteiger partial charge in [-0.05, 0) is 145 Å². The summed E-state index contributed by atoms with van der Waals surface area (Å²) < 4.78 is 0. The van der Waals surface area contributed by atoms with Crippen LogP contribution in [0.25, 0.3) is 5.57 Å². The van der Waals surface area contributed by atoms with Gasteiger partial charge in [-0.25, -0.2) is 9.59 Å². The Morgan fingerprint density at radius 2 is 1.56 bits per heavy atom. The number of carboxylic acids is 2. The molecule has 5 aliphatic rings. The van der Waals surface area contributed by atoms with Crippen molar-refractivity contribution >= 4 is 17.5 Å². The molecule has 0 bridgehead atoms. The molecule has 1 unspecified atom stereocenters. The van der Waals surface area contributed by atoms with Crippen LogP contribution in [0, 0.1) is 56.7 Å². The van der Waals surface area contributed by atoms with Gasteiger partial charge >= 0.3 is 11.9 Å². The molecule has 6 rings (SSSR count). The monoisotopic (exact) mass is 588 g/mol. The highest BCUT2D eigenvalue weighted by molar-refractivity contribution is 6.02. The summed E-state index contributed by atoms with van der Waals surface area (Å²) in [5.41, 5.74) is 3.43. The lowest BCUT2D eigenvalue weighted by atomic mass is 9.32. The molecule has 1 aromatic rings. The van der Waals surface area contributed by atoms with Gasteiger partial charge in [-0.3, -0.25) is 0 Å². The highest BCUT2D eigenvalue weighted by Crippen LogP contribution is 2.77. The lowest BCUT2D eigenvalue weighted by Gasteiger charge is -2.72. The van der Waals surface area contributed by atoms with E-state index < -0.39 is 11.9 Å². The molecule has 4 saturated carbocycles. The molecule has 3 N–H and O–H groups in total. The van der Waals surface area contributed by atoms with Gasteiger partial charge in [-0.1, -0.05) is 58.9 Å². The van der Waals surface area contributed by atoms with E-state index in [2.05, 4.69) is 54.2 Å². The van der Waals surface area contributed by atoms with Crippen molar-refractivity contribution in [3.63, 3.8) is 0 Å². The van der Waals surface area contributed by atoms with Gasteiger partial charge in [-0.2, -0.15) is 0 Å². The molecule has 9 atom stereocenters. The van der Waals surface area contributed by atoms with E-state index in [0.29, 0.717) is 36.2 Å². The second-order valence-corrected chi connectivity index (χ2v) is 16.6. The predicted molar refractivity (Wildman–Crippen MR) is 170 cm³/mol. The van der Waals surface area contributed by atoms with Crippen molar-refractivity contribution in [1.29, 1.82) is 0 Å². The molecule has 0 aromatic heterocycles. The number of hydrogen-bond donors (Lipinski definition) is 3. The van der Waals surface area contributed by atoms with Crippen LogP contribution in [0.2, 0.25) is 0 Å². The fourth-order valence-electron chi connectivity index (χ4n) is 12.7. The number of carbonyl (C=O) groups is 2. The fraction of sp³-hybridized carbons (Fsp3) is 0.684. The number of aromatic carboxylic acids is 2. The van der Waals surface area contributed by atoms with E-state index in [1.54, 1.807) is 12.1 Å². The molecule has 43 heavy (non-hydrogen) atoms. The van der Waals surface area contributed by atoms with E-state index in [0.717, 1.165) is 36.8 Å². The van der Waals surface area contributed by atoms with Gasteiger partial charge < -0.3 is 15.3 Å². The van der Waals surface area contributed by atoms with Crippen LogP contribution in [0.3, 0.4) is 0 Å². The molecule has 0 aliphatic heterocycles. The Balaban J connectivity index is 1.38. The SMILES string of the molecule is C=C(C)[C@@H]1CC[C@]2(CO)CC[C@]3(C)[C@H](CC[C@@H]4[C@@]5(C)CC=C(c6ccc(C(=O)O)c(C(=O)O)c6)C(C)(C)C5CC[C@]43C)[C@@H]12. The van der Waals surface area contributed by atoms with Gasteiger partial charge in [0.15, 0.2) is 0 Å². The first-order valence-electron chi connectivity index (χ1n) is 16.7. The molecule has 0 radical (unpaired) electrons. The zero-order valence-electron chi connectivity index (χ0n) is 27.1. The van der Waals surface area contributed by atoms with Crippen LogP contribution in [-0.4, -0.2) is 33.9 Å². The Morgan fingerprint density at radius 3 is 2.19 bits per heavy atom. The van der Waals surface area contributed by atoms with Crippen LogP contribution in [0.1, 0.15) is 126 Å². The minimum atomic E-state index is -1.21. The third kappa shape index (κ3) is 3.98. The molecular formula is C38H52O5. The molecular weight excluding hydrogens is 536 g/mol. The van der Waals surface area contributed by atoms with Crippen molar-refractivity contribution in [2.45, 2.75) is 99.3 Å². The Kier molecular flexibility index (Phi) is 6.98. The highest BCUT2D eigenvalue weighted by atomic mass is 16.4. The van der Waals surface area contributed by atoms with Crippen molar-refractivity contribution in [2.24, 2.45) is 56.7 Å². The van der Waals surface area contributed by atoms with Crippen LogP contribution >= 0.6 is 0 Å². The lowest BCUT2D eigenvalue weighted by molar-refractivity contribution is -0.228. The van der Waals surface area contributed by atoms with Crippen LogP contribution in [0.5, 0.6) is 0 Å². The molecule has 0 spiro atoms. The van der Waals surface area contributed by atoms with Crippen molar-refractivity contribution in [1.82, 2.24) is 0 Å². The lowest BCUT2D eigenvalue weighted by Crippen LogP contribution is -2.65. The Bertz CT molecular complexity index is 1400. The van der Waals surface area contributed by atoms with Crippen molar-refractivity contribution in [2.75, 3.05) is 6.61 Å². The van der Waals surface area contributed by atoms with Gasteiger partial charge in [0.25, 0.3) is 0 Å². The molecule has 4 fully saturated rings. The van der Waals surface area contributed by atoms with Gasteiger partial charge in [0, 0.05) is 6.61 Å². The standard InChI is InChI=1S/C38H52O5/c1-22(2)24-12-17-38(21-39)19-18-36(6)28(31(24)38)10-11-30-35(5)15-13-27(34(3,4)29(35)14-16-37(30,36)7)23-8-9-25(32(40)41)26(20-23)33(42)43/h8-9,13,20,24,28-31,39H,1,10-12,14-19,21H2,2-7H3,(H,40,41)(H,42,43)/t24-,28+,29?,30+,31+,35-,36+,37+,38+/m0/s1. The highest BCUT2D eigenvalue weighted by Gasteiger charge is 2.70. The van der Waals surface area contributed by atoms with Crippen LogP contribution in [0.4, 0.5) is 0 Å². The maximum absolute atomic E-state index is 12.0. The van der Waals surface area contributed by atoms with Gasteiger partial charge in [-0.15, -0.1) is 0 Å². The normalized spacial score (nSPS) is 43.0. The van der Waals surface area contributed by atoms with Crippen molar-refractivity contribution < 1.29 is 24.9 Å². The molecule has 5 aliphatic carbocycles. The predicted octanol–water partition coefficient (Wildman–Crippen LogP) is 8.73. The minimum absolute atomic E-state index is 0.0631. The van der Waals surface area contributed by atoms with E-state index in [1.165, 1.54) is 43.7 Å². The number of allylic oxidation sites excluding steroid dienone is 3. The summed E-state index contributed by atoms with van der Waals surface area (Å²) in [4.78, 5) is 23.7. The zero-order chi connectivity index (χ0) is 31.3. The number of aliphatic hydroxyl groups is 1. The number of benzene rings is 1. The van der Waals surface area contributed by atoms with E-state index in [-0.39, 0.29) is 38.2 Å². The first-order chi connectivity index (χ1) is 20.1. The largest absolute Gasteiger partial charge is 0.478 e. The number of hydrogen-bond acceptors (Lipinski definition) is 3. The molecule has 0 saturated heterocycles. The molecule has 0 heterocycles. The number of aliphatic hydroxyl groups excluding tert-OH is 1. The number of carboxylic acid groups (broad SMARTS) is 2. The van der Waals surface area contributed by atoms with E-state index >= 15 is 0 Å². The van der Waals surface area contributed by atoms with E-state index in [1.807, 2.05) is 0 Å². The second-order valence-electron chi connectivity index (χ2n) is 16.6. The second kappa shape index (κ2) is 9.80. The quantitative estimate of drug-likeness (QED) is 0.299. The Morgan fingerprint density at radius 1 is 0.860 bits per heavy atom. The zero-order valence-corrected chi connectivity index (χ0v) is 27.1. The fourth-order valence-corrected chi connectivity index (χ4v) is 12.7.